The molecule has 2 aliphatic heterocycles. The van der Waals surface area contributed by atoms with Crippen molar-refractivity contribution >= 4 is 23.5 Å². The summed E-state index contributed by atoms with van der Waals surface area (Å²) in [5, 5.41) is 3.30. The van der Waals surface area contributed by atoms with E-state index in [9.17, 15) is 0 Å². The Kier molecular flexibility index (Phi) is 6.37. The quantitative estimate of drug-likeness (QED) is 0.314. The second-order valence-corrected chi connectivity index (χ2v) is 8.68. The lowest BCUT2D eigenvalue weighted by Crippen LogP contribution is -2.54. The Hall–Kier alpha value is -2.73. The van der Waals surface area contributed by atoms with Crippen molar-refractivity contribution in [3.8, 4) is 0 Å². The molecular weight excluding hydrogens is 394 g/mol. The van der Waals surface area contributed by atoms with Crippen LogP contribution >= 0.6 is 0 Å². The van der Waals surface area contributed by atoms with Crippen molar-refractivity contribution in [3.63, 3.8) is 0 Å². The lowest BCUT2D eigenvalue weighted by atomic mass is 10.0. The van der Waals surface area contributed by atoms with E-state index in [1.165, 1.54) is 0 Å². The minimum atomic E-state index is -0.0236. The fourth-order valence-corrected chi connectivity index (χ4v) is 4.28. The van der Waals surface area contributed by atoms with Crippen LogP contribution in [0.4, 0.5) is 23.5 Å². The van der Waals surface area contributed by atoms with E-state index in [1.54, 1.807) is 0 Å². The standard InChI is InChI=1S/C20H33N11/c21-13-3-1-2-12(4-13)7-26-18-27-19(30-8-14(22)5-15(23)9-30)29-20(28-18)31-10-16(24)6-17(25)11-31/h1-4,14-17H,5-11,21-25H2,(H,26,27,28,29). The van der Waals surface area contributed by atoms with E-state index >= 15 is 0 Å². The number of nitrogens with zero attached hydrogens (tertiary/aromatic N) is 5. The number of anilines is 4. The molecule has 0 saturated carbocycles. The Morgan fingerprint density at radius 3 is 1.81 bits per heavy atom. The first-order valence-corrected chi connectivity index (χ1v) is 10.7. The molecule has 2 aromatic rings. The molecule has 3 heterocycles. The number of hydrogen-bond acceptors (Lipinski definition) is 11. The summed E-state index contributed by atoms with van der Waals surface area (Å²) in [5.74, 6) is 1.58. The van der Waals surface area contributed by atoms with Crippen molar-refractivity contribution in [1.29, 1.82) is 0 Å². The molecule has 168 valence electrons. The molecule has 31 heavy (non-hydrogen) atoms. The van der Waals surface area contributed by atoms with Crippen molar-refractivity contribution in [2.45, 2.75) is 43.6 Å². The monoisotopic (exact) mass is 427 g/mol. The van der Waals surface area contributed by atoms with E-state index in [4.69, 9.17) is 33.7 Å². The van der Waals surface area contributed by atoms with Crippen LogP contribution in [-0.2, 0) is 6.54 Å². The van der Waals surface area contributed by atoms with Crippen molar-refractivity contribution < 1.29 is 0 Å². The minimum absolute atomic E-state index is 0.0236. The van der Waals surface area contributed by atoms with Gasteiger partial charge in [-0.25, -0.2) is 0 Å². The largest absolute Gasteiger partial charge is 0.399 e. The first-order chi connectivity index (χ1) is 14.9. The average molecular weight is 428 g/mol. The van der Waals surface area contributed by atoms with Crippen molar-refractivity contribution in [2.75, 3.05) is 47.0 Å². The van der Waals surface area contributed by atoms with E-state index in [0.29, 0.717) is 56.3 Å². The van der Waals surface area contributed by atoms with Gasteiger partial charge in [-0.15, -0.1) is 0 Å². The number of piperidine rings is 2. The molecule has 2 fully saturated rings. The summed E-state index contributed by atoms with van der Waals surface area (Å²) in [6.07, 6.45) is 1.57. The molecule has 11 nitrogen and oxygen atoms in total. The van der Waals surface area contributed by atoms with Crippen molar-refractivity contribution in [1.82, 2.24) is 15.0 Å². The third-order valence-electron chi connectivity index (χ3n) is 5.61. The van der Waals surface area contributed by atoms with Crippen LogP contribution in [0.3, 0.4) is 0 Å². The normalized spacial score (nSPS) is 26.7. The van der Waals surface area contributed by atoms with Crippen LogP contribution in [0.2, 0.25) is 0 Å². The Balaban J connectivity index is 1.61. The van der Waals surface area contributed by atoms with Crippen molar-refractivity contribution in [3.05, 3.63) is 29.8 Å². The van der Waals surface area contributed by atoms with Gasteiger partial charge in [0.1, 0.15) is 0 Å². The molecule has 11 heteroatoms. The fourth-order valence-electron chi connectivity index (χ4n) is 4.28. The fraction of sp³-hybridized carbons (Fsp3) is 0.550. The smallest absolute Gasteiger partial charge is 0.232 e. The topological polar surface area (TPSA) is 187 Å². The number of nitrogens with two attached hydrogens (primary N) is 5. The summed E-state index contributed by atoms with van der Waals surface area (Å²) < 4.78 is 0. The average Bonchev–Trinajstić information content (AvgIpc) is 2.71. The highest BCUT2D eigenvalue weighted by molar-refractivity contribution is 5.47. The van der Waals surface area contributed by atoms with Crippen LogP contribution in [0, 0.1) is 0 Å². The molecular formula is C20H33N11. The van der Waals surface area contributed by atoms with E-state index in [2.05, 4.69) is 15.3 Å². The number of aromatic nitrogens is 3. The molecule has 1 aromatic heterocycles. The van der Waals surface area contributed by atoms with E-state index in [-0.39, 0.29) is 24.2 Å². The molecule has 2 saturated heterocycles. The molecule has 4 atom stereocenters. The van der Waals surface area contributed by atoms with E-state index in [1.807, 2.05) is 34.1 Å². The maximum atomic E-state index is 6.19. The summed E-state index contributed by atoms with van der Waals surface area (Å²) in [7, 11) is 0. The molecule has 4 unspecified atom stereocenters. The lowest BCUT2D eigenvalue weighted by Gasteiger charge is -2.37. The summed E-state index contributed by atoms with van der Waals surface area (Å²) in [6, 6.07) is 7.60. The van der Waals surface area contributed by atoms with Gasteiger partial charge in [0.25, 0.3) is 0 Å². The van der Waals surface area contributed by atoms with Crippen molar-refractivity contribution in [2.24, 2.45) is 22.9 Å². The van der Waals surface area contributed by atoms with Crippen LogP contribution in [0.25, 0.3) is 0 Å². The van der Waals surface area contributed by atoms with Crippen LogP contribution in [0.15, 0.2) is 24.3 Å². The van der Waals surface area contributed by atoms with Gasteiger partial charge in [0.05, 0.1) is 0 Å². The Labute approximate surface area is 182 Å². The molecule has 4 rings (SSSR count). The van der Waals surface area contributed by atoms with Gasteiger partial charge < -0.3 is 43.8 Å². The number of rotatable bonds is 5. The number of nitrogen functional groups attached to an aromatic ring is 1. The highest BCUT2D eigenvalue weighted by Crippen LogP contribution is 2.22. The summed E-state index contributed by atoms with van der Waals surface area (Å²) >= 11 is 0. The molecule has 0 aliphatic carbocycles. The van der Waals surface area contributed by atoms with Gasteiger partial charge in [-0.1, -0.05) is 12.1 Å². The lowest BCUT2D eigenvalue weighted by molar-refractivity contribution is 0.441. The Morgan fingerprint density at radius 2 is 1.32 bits per heavy atom. The second kappa shape index (κ2) is 9.18. The van der Waals surface area contributed by atoms with Crippen LogP contribution < -0.4 is 43.8 Å². The maximum absolute atomic E-state index is 6.19. The van der Waals surface area contributed by atoms with E-state index < -0.39 is 0 Å². The highest BCUT2D eigenvalue weighted by atomic mass is 15.4. The van der Waals surface area contributed by atoms with Gasteiger partial charge in [-0.05, 0) is 30.5 Å². The van der Waals surface area contributed by atoms with Gasteiger partial charge in [-0.3, -0.25) is 0 Å². The molecule has 1 aromatic carbocycles. The van der Waals surface area contributed by atoms with Crippen LogP contribution in [0.1, 0.15) is 18.4 Å². The molecule has 2 aliphatic rings. The van der Waals surface area contributed by atoms with Gasteiger partial charge in [-0.2, -0.15) is 15.0 Å². The van der Waals surface area contributed by atoms with Crippen LogP contribution in [-0.4, -0.2) is 65.3 Å². The Morgan fingerprint density at radius 1 is 0.806 bits per heavy atom. The highest BCUT2D eigenvalue weighted by Gasteiger charge is 2.28. The predicted molar refractivity (Wildman–Crippen MR) is 124 cm³/mol. The van der Waals surface area contributed by atoms with Gasteiger partial charge in [0, 0.05) is 62.6 Å². The summed E-state index contributed by atoms with van der Waals surface area (Å²) in [4.78, 5) is 18.1. The zero-order valence-electron chi connectivity index (χ0n) is 17.7. The first kappa shape index (κ1) is 21.5. The molecule has 0 spiro atoms. The maximum Gasteiger partial charge on any atom is 0.232 e. The molecule has 0 radical (unpaired) electrons. The zero-order chi connectivity index (χ0) is 22.0. The first-order valence-electron chi connectivity index (χ1n) is 10.7. The van der Waals surface area contributed by atoms with Gasteiger partial charge in [0.2, 0.25) is 17.8 Å². The molecule has 0 amide bonds. The van der Waals surface area contributed by atoms with E-state index in [0.717, 1.165) is 18.4 Å². The summed E-state index contributed by atoms with van der Waals surface area (Å²) in [5.41, 5.74) is 32.4. The van der Waals surface area contributed by atoms with Crippen LogP contribution in [0.5, 0.6) is 0 Å². The second-order valence-electron chi connectivity index (χ2n) is 8.68. The third-order valence-corrected chi connectivity index (χ3v) is 5.61. The number of benzene rings is 1. The van der Waals surface area contributed by atoms with Gasteiger partial charge >= 0.3 is 0 Å². The Bertz CT molecular complexity index is 827. The summed E-state index contributed by atoms with van der Waals surface area (Å²) in [6.45, 7) is 3.11. The number of hydrogen-bond donors (Lipinski definition) is 6. The van der Waals surface area contributed by atoms with Gasteiger partial charge in [0.15, 0.2) is 0 Å². The minimum Gasteiger partial charge on any atom is -0.399 e. The zero-order valence-corrected chi connectivity index (χ0v) is 17.7. The predicted octanol–water partition coefficient (Wildman–Crippen LogP) is -1.20. The SMILES string of the molecule is Nc1cccc(CNc2nc(N3CC(N)CC(N)C3)nc(N3CC(N)CC(N)C3)n2)c1. The third kappa shape index (κ3) is 5.50. The number of nitrogens with one attached hydrogen (secondary N) is 1. The molecule has 11 N–H and O–H groups in total. The molecule has 0 bridgehead atoms.